The van der Waals surface area contributed by atoms with Crippen LogP contribution in [0.25, 0.3) is 0 Å². The van der Waals surface area contributed by atoms with Gasteiger partial charge in [0.05, 0.1) is 12.7 Å². The lowest BCUT2D eigenvalue weighted by atomic mass is 9.87. The van der Waals surface area contributed by atoms with Crippen molar-refractivity contribution in [2.75, 3.05) is 19.8 Å². The number of carboxylic acid groups (broad SMARTS) is 1. The number of alkyl halides is 3. The maximum Gasteiger partial charge on any atom is 0.398 e. The highest BCUT2D eigenvalue weighted by atomic mass is 19.4. The Labute approximate surface area is 182 Å². The number of aliphatic imine (C=N–C) groups is 1. The summed E-state index contributed by atoms with van der Waals surface area (Å²) in [6.07, 6.45) is -4.87. The zero-order chi connectivity index (χ0) is 23.9. The third-order valence-corrected chi connectivity index (χ3v) is 5.32. The summed E-state index contributed by atoms with van der Waals surface area (Å²) in [6, 6.07) is 3.82. The van der Waals surface area contributed by atoms with Gasteiger partial charge in [-0.15, -0.1) is 0 Å². The van der Waals surface area contributed by atoms with Gasteiger partial charge in [-0.2, -0.15) is 13.2 Å². The Morgan fingerprint density at radius 2 is 2.12 bits per heavy atom. The van der Waals surface area contributed by atoms with Crippen molar-refractivity contribution >= 4 is 18.1 Å². The molecule has 0 bridgehead atoms. The average molecular weight is 462 g/mol. The Morgan fingerprint density at radius 3 is 2.69 bits per heavy atom. The number of amidine groups is 1. The molecule has 178 valence electrons. The molecular formula is C21H26F4N2O5. The molecule has 0 aromatic heterocycles. The molecule has 0 saturated carbocycles. The van der Waals surface area contributed by atoms with E-state index >= 15 is 0 Å². The van der Waals surface area contributed by atoms with Gasteiger partial charge in [-0.1, -0.05) is 6.07 Å². The molecule has 1 aromatic carbocycles. The summed E-state index contributed by atoms with van der Waals surface area (Å²) >= 11 is 0. The number of nitrogens with two attached hydrogens (primary N) is 1. The van der Waals surface area contributed by atoms with Crippen LogP contribution in [-0.4, -0.2) is 55.3 Å². The molecule has 11 heteroatoms. The van der Waals surface area contributed by atoms with E-state index in [-0.39, 0.29) is 43.1 Å². The van der Waals surface area contributed by atoms with Crippen molar-refractivity contribution in [3.63, 3.8) is 0 Å². The van der Waals surface area contributed by atoms with E-state index in [1.165, 1.54) is 12.1 Å². The van der Waals surface area contributed by atoms with Gasteiger partial charge >= 0.3 is 6.18 Å². The zero-order valence-electron chi connectivity index (χ0n) is 17.5. The Hall–Kier alpha value is -2.53. The number of ketones is 1. The van der Waals surface area contributed by atoms with Crippen LogP contribution in [0, 0.1) is 11.7 Å². The second-order valence-electron chi connectivity index (χ2n) is 7.90. The van der Waals surface area contributed by atoms with Crippen LogP contribution in [0.15, 0.2) is 23.2 Å². The van der Waals surface area contributed by atoms with Crippen molar-refractivity contribution in [3.8, 4) is 0 Å². The fourth-order valence-corrected chi connectivity index (χ4v) is 3.83. The molecule has 0 spiro atoms. The van der Waals surface area contributed by atoms with E-state index < -0.39 is 41.8 Å². The normalized spacial score (nSPS) is 24.2. The molecule has 2 aliphatic rings. The molecular weight excluding hydrogens is 436 g/mol. The summed E-state index contributed by atoms with van der Waals surface area (Å²) in [6.45, 7) is 1.99. The van der Waals surface area contributed by atoms with E-state index in [0.717, 1.165) is 6.07 Å². The number of carbonyl (C=O) groups excluding carboxylic acids is 1. The Kier molecular flexibility index (Phi) is 8.73. The lowest BCUT2D eigenvalue weighted by molar-refractivity contribution is -0.186. The topological polar surface area (TPSA) is 111 Å². The van der Waals surface area contributed by atoms with Crippen molar-refractivity contribution < 1.29 is 41.7 Å². The number of ether oxygens (including phenoxy) is 2. The van der Waals surface area contributed by atoms with E-state index in [9.17, 15) is 22.4 Å². The molecule has 1 fully saturated rings. The summed E-state index contributed by atoms with van der Waals surface area (Å²) in [7, 11) is 0. The minimum atomic E-state index is -4.66. The van der Waals surface area contributed by atoms with Gasteiger partial charge in [-0.3, -0.25) is 14.6 Å². The van der Waals surface area contributed by atoms with Crippen LogP contribution < -0.4 is 5.73 Å². The zero-order valence-corrected chi connectivity index (χ0v) is 17.5. The third-order valence-electron chi connectivity index (χ3n) is 5.32. The monoisotopic (exact) mass is 462 g/mol. The van der Waals surface area contributed by atoms with Gasteiger partial charge in [-0.25, -0.2) is 4.39 Å². The average Bonchev–Trinajstić information content (AvgIpc) is 3.20. The van der Waals surface area contributed by atoms with Gasteiger partial charge in [-0.05, 0) is 43.9 Å². The van der Waals surface area contributed by atoms with Gasteiger partial charge in [0.15, 0.2) is 0 Å². The van der Waals surface area contributed by atoms with Crippen molar-refractivity contribution in [2.45, 2.75) is 50.4 Å². The van der Waals surface area contributed by atoms with Crippen LogP contribution >= 0.6 is 0 Å². The Balaban J connectivity index is 0.00000114. The standard InChI is InChI=1S/C20H24F4N2O3.CH2O2/c1-19(11-28-10-18(25)26-19)14-7-12(4-5-16(14)21)8-17(27)15(20(22,23)24)9-13-3-2-6-29-13;2-1-3/h4-5,7,13,15H,2-3,6,8-11H2,1H3,(H2,25,26);1H,(H,2,3)/t13?,15?,19-;/m0./s1. The molecule has 7 nitrogen and oxygen atoms in total. The number of benzene rings is 1. The maximum atomic E-state index is 14.4. The summed E-state index contributed by atoms with van der Waals surface area (Å²) < 4.78 is 65.5. The van der Waals surface area contributed by atoms with Crippen LogP contribution in [-0.2, 0) is 31.0 Å². The number of rotatable bonds is 6. The number of nitrogens with zero attached hydrogens (tertiary/aromatic N) is 1. The minimum Gasteiger partial charge on any atom is -0.483 e. The molecule has 0 aliphatic carbocycles. The fraction of sp³-hybridized carbons (Fsp3) is 0.571. The summed E-state index contributed by atoms with van der Waals surface area (Å²) in [5.74, 6) is -3.45. The number of carbonyl (C=O) groups is 2. The van der Waals surface area contributed by atoms with Crippen LogP contribution in [0.4, 0.5) is 17.6 Å². The van der Waals surface area contributed by atoms with Gasteiger partial charge in [0.25, 0.3) is 6.47 Å². The maximum absolute atomic E-state index is 14.4. The molecule has 2 heterocycles. The molecule has 0 radical (unpaired) electrons. The minimum absolute atomic E-state index is 0.0756. The van der Waals surface area contributed by atoms with Crippen molar-refractivity contribution in [1.29, 1.82) is 0 Å². The van der Waals surface area contributed by atoms with Crippen LogP contribution in [0.1, 0.15) is 37.3 Å². The molecule has 1 aromatic rings. The molecule has 3 N–H and O–H groups in total. The van der Waals surface area contributed by atoms with E-state index in [2.05, 4.69) is 4.99 Å². The lowest BCUT2D eigenvalue weighted by Gasteiger charge is -2.30. The lowest BCUT2D eigenvalue weighted by Crippen LogP contribution is -2.38. The van der Waals surface area contributed by atoms with Gasteiger partial charge < -0.3 is 20.3 Å². The third kappa shape index (κ3) is 6.73. The van der Waals surface area contributed by atoms with Crippen LogP contribution in [0.3, 0.4) is 0 Å². The predicted molar refractivity (Wildman–Crippen MR) is 107 cm³/mol. The Morgan fingerprint density at radius 1 is 1.44 bits per heavy atom. The SMILES string of the molecule is C[C@@]1(c2cc(CC(=O)C(CC3CCCO3)C(F)(F)F)ccc2F)COCC(N)=N1.O=CO. The number of hydrogen-bond acceptors (Lipinski definition) is 6. The van der Waals surface area contributed by atoms with Crippen molar-refractivity contribution in [1.82, 2.24) is 0 Å². The Bertz CT molecular complexity index is 840. The van der Waals surface area contributed by atoms with Crippen LogP contribution in [0.2, 0.25) is 0 Å². The highest BCUT2D eigenvalue weighted by Gasteiger charge is 2.46. The van der Waals surface area contributed by atoms with Crippen LogP contribution in [0.5, 0.6) is 0 Å². The number of hydrogen-bond donors (Lipinski definition) is 2. The largest absolute Gasteiger partial charge is 0.483 e. The first-order valence-corrected chi connectivity index (χ1v) is 10.00. The molecule has 3 atom stereocenters. The van der Waals surface area contributed by atoms with Gasteiger partial charge in [0, 0.05) is 18.6 Å². The highest BCUT2D eigenvalue weighted by Crippen LogP contribution is 2.35. The molecule has 1 saturated heterocycles. The summed E-state index contributed by atoms with van der Waals surface area (Å²) in [4.78, 5) is 25.1. The molecule has 2 unspecified atom stereocenters. The van der Waals surface area contributed by atoms with Crippen molar-refractivity contribution in [3.05, 3.63) is 35.1 Å². The first-order chi connectivity index (χ1) is 15.0. The molecule has 2 aliphatic heterocycles. The first-order valence-electron chi connectivity index (χ1n) is 10.00. The second kappa shape index (κ2) is 10.9. The first kappa shape index (κ1) is 25.7. The number of Topliss-reactive ketones (excluding diaryl/α,β-unsaturated/α-hetero) is 1. The summed E-state index contributed by atoms with van der Waals surface area (Å²) in [5, 5.41) is 6.89. The highest BCUT2D eigenvalue weighted by molar-refractivity contribution is 5.84. The van der Waals surface area contributed by atoms with Gasteiger partial charge in [0.1, 0.15) is 35.5 Å². The fourth-order valence-electron chi connectivity index (χ4n) is 3.83. The summed E-state index contributed by atoms with van der Waals surface area (Å²) in [5.41, 5.74) is 5.01. The van der Waals surface area contributed by atoms with E-state index in [4.69, 9.17) is 25.1 Å². The quantitative estimate of drug-likeness (QED) is 0.497. The molecule has 3 rings (SSSR count). The molecule has 32 heavy (non-hydrogen) atoms. The van der Waals surface area contributed by atoms with Crippen molar-refractivity contribution in [2.24, 2.45) is 16.6 Å². The predicted octanol–water partition coefficient (Wildman–Crippen LogP) is 2.99. The molecule has 0 amide bonds. The van der Waals surface area contributed by atoms with E-state index in [1.807, 2.05) is 0 Å². The second-order valence-corrected chi connectivity index (χ2v) is 7.90. The smallest absolute Gasteiger partial charge is 0.398 e. The van der Waals surface area contributed by atoms with Gasteiger partial charge in [0.2, 0.25) is 0 Å². The number of halogens is 4. The van der Waals surface area contributed by atoms with E-state index in [0.29, 0.717) is 19.4 Å². The van der Waals surface area contributed by atoms with E-state index in [1.54, 1.807) is 6.92 Å².